The van der Waals surface area contributed by atoms with E-state index in [0.717, 1.165) is 32.5 Å². The van der Waals surface area contributed by atoms with Crippen LogP contribution in [0.25, 0.3) is 0 Å². The predicted molar refractivity (Wildman–Crippen MR) is 39.8 cm³/mol. The molecule has 2 nitrogen and oxygen atoms in total. The van der Waals surface area contributed by atoms with Crippen LogP contribution >= 0.6 is 0 Å². The summed E-state index contributed by atoms with van der Waals surface area (Å²) in [6, 6.07) is 0. The summed E-state index contributed by atoms with van der Waals surface area (Å²) >= 11 is 0. The van der Waals surface area contributed by atoms with Crippen LogP contribution in [0.2, 0.25) is 0 Å². The fourth-order valence-electron chi connectivity index (χ4n) is 1.41. The van der Waals surface area contributed by atoms with Gasteiger partial charge in [0, 0.05) is 13.2 Å². The highest BCUT2D eigenvalue weighted by Crippen LogP contribution is 2.18. The van der Waals surface area contributed by atoms with Gasteiger partial charge < -0.3 is 9.84 Å². The van der Waals surface area contributed by atoms with Crippen LogP contribution in [-0.2, 0) is 4.74 Å². The molecule has 60 valence electrons. The van der Waals surface area contributed by atoms with Gasteiger partial charge in [-0.15, -0.1) is 0 Å². The lowest BCUT2D eigenvalue weighted by molar-refractivity contribution is 0.102. The average Bonchev–Trinajstić information content (AvgIpc) is 2.12. The lowest BCUT2D eigenvalue weighted by Crippen LogP contribution is -2.16. The van der Waals surface area contributed by atoms with Crippen molar-refractivity contribution < 1.29 is 9.84 Å². The molecule has 0 spiro atoms. The average molecular weight is 144 g/mol. The van der Waals surface area contributed by atoms with Gasteiger partial charge in [-0.1, -0.05) is 0 Å². The molecule has 0 radical (unpaired) electrons. The first-order valence-corrected chi connectivity index (χ1v) is 4.06. The lowest BCUT2D eigenvalue weighted by Gasteiger charge is -2.15. The quantitative estimate of drug-likeness (QED) is 0.599. The van der Waals surface area contributed by atoms with Crippen molar-refractivity contribution in [2.75, 3.05) is 13.2 Å². The standard InChI is InChI=1S/C8H16O2/c1-7(9)8-3-2-5-10-6-4-8/h7-9H,2-6H2,1H3. The Balaban J connectivity index is 2.28. The molecule has 1 aliphatic rings. The Kier molecular flexibility index (Phi) is 3.16. The molecule has 1 heterocycles. The van der Waals surface area contributed by atoms with Gasteiger partial charge >= 0.3 is 0 Å². The second-order valence-electron chi connectivity index (χ2n) is 3.04. The van der Waals surface area contributed by atoms with Gasteiger partial charge in [0.2, 0.25) is 0 Å². The molecule has 1 saturated heterocycles. The van der Waals surface area contributed by atoms with Gasteiger partial charge in [0.1, 0.15) is 0 Å². The third kappa shape index (κ3) is 2.27. The predicted octanol–water partition coefficient (Wildman–Crippen LogP) is 1.18. The Bertz CT molecular complexity index is 83.3. The fraction of sp³-hybridized carbons (Fsp3) is 1.00. The highest BCUT2D eigenvalue weighted by atomic mass is 16.5. The third-order valence-electron chi connectivity index (χ3n) is 2.18. The molecule has 1 N–H and O–H groups in total. The molecular weight excluding hydrogens is 128 g/mol. The van der Waals surface area contributed by atoms with E-state index in [4.69, 9.17) is 4.74 Å². The topological polar surface area (TPSA) is 29.5 Å². The molecule has 10 heavy (non-hydrogen) atoms. The zero-order valence-electron chi connectivity index (χ0n) is 6.55. The van der Waals surface area contributed by atoms with E-state index < -0.39 is 0 Å². The summed E-state index contributed by atoms with van der Waals surface area (Å²) in [5.41, 5.74) is 0. The number of aliphatic hydroxyl groups is 1. The number of hydrogen-bond acceptors (Lipinski definition) is 2. The number of ether oxygens (including phenoxy) is 1. The maximum atomic E-state index is 9.25. The summed E-state index contributed by atoms with van der Waals surface area (Å²) in [6.45, 7) is 3.58. The van der Waals surface area contributed by atoms with Crippen molar-refractivity contribution in [3.05, 3.63) is 0 Å². The molecule has 0 aromatic rings. The van der Waals surface area contributed by atoms with Crippen LogP contribution in [-0.4, -0.2) is 24.4 Å². The highest BCUT2D eigenvalue weighted by molar-refractivity contribution is 4.66. The van der Waals surface area contributed by atoms with Gasteiger partial charge in [-0.3, -0.25) is 0 Å². The minimum atomic E-state index is -0.151. The molecule has 2 heteroatoms. The van der Waals surface area contributed by atoms with E-state index in [9.17, 15) is 5.11 Å². The molecule has 0 aromatic carbocycles. The first-order valence-electron chi connectivity index (χ1n) is 4.06. The number of rotatable bonds is 1. The van der Waals surface area contributed by atoms with E-state index in [-0.39, 0.29) is 6.10 Å². The van der Waals surface area contributed by atoms with Crippen LogP contribution in [0.1, 0.15) is 26.2 Å². The van der Waals surface area contributed by atoms with Gasteiger partial charge in [-0.05, 0) is 32.1 Å². The summed E-state index contributed by atoms with van der Waals surface area (Å²) in [6.07, 6.45) is 3.10. The second kappa shape index (κ2) is 3.94. The normalized spacial score (nSPS) is 31.2. The largest absolute Gasteiger partial charge is 0.393 e. The van der Waals surface area contributed by atoms with Crippen molar-refractivity contribution in [2.45, 2.75) is 32.3 Å². The van der Waals surface area contributed by atoms with Crippen LogP contribution < -0.4 is 0 Å². The second-order valence-corrected chi connectivity index (χ2v) is 3.04. The summed E-state index contributed by atoms with van der Waals surface area (Å²) < 4.78 is 5.26. The molecule has 1 aliphatic heterocycles. The zero-order chi connectivity index (χ0) is 7.40. The van der Waals surface area contributed by atoms with Gasteiger partial charge in [-0.25, -0.2) is 0 Å². The Morgan fingerprint density at radius 3 is 2.90 bits per heavy atom. The first-order chi connectivity index (χ1) is 4.80. The molecule has 0 saturated carbocycles. The van der Waals surface area contributed by atoms with Crippen molar-refractivity contribution in [3.8, 4) is 0 Å². The molecule has 2 unspecified atom stereocenters. The van der Waals surface area contributed by atoms with Crippen molar-refractivity contribution in [1.82, 2.24) is 0 Å². The Morgan fingerprint density at radius 2 is 2.20 bits per heavy atom. The van der Waals surface area contributed by atoms with E-state index in [1.807, 2.05) is 6.92 Å². The number of hydrogen-bond donors (Lipinski definition) is 1. The molecule has 2 atom stereocenters. The molecule has 0 aliphatic carbocycles. The van der Waals surface area contributed by atoms with E-state index in [2.05, 4.69) is 0 Å². The Hall–Kier alpha value is -0.0800. The van der Waals surface area contributed by atoms with Crippen molar-refractivity contribution in [1.29, 1.82) is 0 Å². The minimum absolute atomic E-state index is 0.151. The summed E-state index contributed by atoms with van der Waals surface area (Å²) in [4.78, 5) is 0. The summed E-state index contributed by atoms with van der Waals surface area (Å²) in [7, 11) is 0. The molecule has 0 bridgehead atoms. The van der Waals surface area contributed by atoms with Gasteiger partial charge in [0.05, 0.1) is 6.10 Å². The van der Waals surface area contributed by atoms with Gasteiger partial charge in [-0.2, -0.15) is 0 Å². The van der Waals surface area contributed by atoms with Crippen LogP contribution in [0.4, 0.5) is 0 Å². The summed E-state index contributed by atoms with van der Waals surface area (Å²) in [5, 5.41) is 9.25. The fourth-order valence-corrected chi connectivity index (χ4v) is 1.41. The monoisotopic (exact) mass is 144 g/mol. The van der Waals surface area contributed by atoms with Crippen LogP contribution in [0.3, 0.4) is 0 Å². The molecule has 0 amide bonds. The smallest absolute Gasteiger partial charge is 0.0541 e. The van der Waals surface area contributed by atoms with E-state index >= 15 is 0 Å². The van der Waals surface area contributed by atoms with Crippen molar-refractivity contribution in [2.24, 2.45) is 5.92 Å². The minimum Gasteiger partial charge on any atom is -0.393 e. The Morgan fingerprint density at radius 1 is 1.40 bits per heavy atom. The third-order valence-corrected chi connectivity index (χ3v) is 2.18. The van der Waals surface area contributed by atoms with Crippen molar-refractivity contribution in [3.63, 3.8) is 0 Å². The van der Waals surface area contributed by atoms with E-state index in [0.29, 0.717) is 5.92 Å². The SMILES string of the molecule is CC(O)C1CCCOCC1. The molecule has 1 rings (SSSR count). The van der Waals surface area contributed by atoms with Gasteiger partial charge in [0.25, 0.3) is 0 Å². The van der Waals surface area contributed by atoms with Crippen LogP contribution in [0.5, 0.6) is 0 Å². The lowest BCUT2D eigenvalue weighted by atomic mass is 9.96. The molecular formula is C8H16O2. The molecule has 1 fully saturated rings. The first kappa shape index (κ1) is 8.02. The van der Waals surface area contributed by atoms with Crippen LogP contribution in [0, 0.1) is 5.92 Å². The van der Waals surface area contributed by atoms with E-state index in [1.54, 1.807) is 0 Å². The van der Waals surface area contributed by atoms with Gasteiger partial charge in [0.15, 0.2) is 0 Å². The van der Waals surface area contributed by atoms with E-state index in [1.165, 1.54) is 0 Å². The zero-order valence-corrected chi connectivity index (χ0v) is 6.55. The highest BCUT2D eigenvalue weighted by Gasteiger charge is 2.16. The number of aliphatic hydroxyl groups excluding tert-OH is 1. The maximum absolute atomic E-state index is 9.25. The van der Waals surface area contributed by atoms with Crippen molar-refractivity contribution >= 4 is 0 Å². The summed E-state index contributed by atoms with van der Waals surface area (Å²) in [5.74, 6) is 0.475. The molecule has 0 aromatic heterocycles. The van der Waals surface area contributed by atoms with Crippen LogP contribution in [0.15, 0.2) is 0 Å². The maximum Gasteiger partial charge on any atom is 0.0541 e. The Labute approximate surface area is 62.2 Å².